The lowest BCUT2D eigenvalue weighted by molar-refractivity contribution is 0.0663. The molecule has 2 unspecified atom stereocenters. The molecule has 7 nitrogen and oxygen atoms in total. The summed E-state index contributed by atoms with van der Waals surface area (Å²) in [4.78, 5) is 18.8. The van der Waals surface area contributed by atoms with Crippen LogP contribution in [-0.4, -0.2) is 45.5 Å². The summed E-state index contributed by atoms with van der Waals surface area (Å²) >= 11 is 0. The molecular weight excluding hydrogens is 371 g/mol. The lowest BCUT2D eigenvalue weighted by Gasteiger charge is -2.42. The number of nitrogens with zero attached hydrogens (tertiary/aromatic N) is 2. The number of amides is 1. The van der Waals surface area contributed by atoms with E-state index in [1.807, 2.05) is 0 Å². The van der Waals surface area contributed by atoms with Crippen molar-refractivity contribution in [1.29, 1.82) is 0 Å². The number of hydrogen-bond donors (Lipinski definition) is 2. The second-order valence-corrected chi connectivity index (χ2v) is 8.65. The minimum absolute atomic E-state index is 0.101. The SMILES string of the molecule is O=C(c1ccc(F)cc1)N1CCCC2(CN[S+](=O)([O-])c3cccnc3N2)C1. The van der Waals surface area contributed by atoms with Gasteiger partial charge in [0.15, 0.2) is 16.2 Å². The van der Waals surface area contributed by atoms with Crippen LogP contribution in [0.2, 0.25) is 0 Å². The third-order valence-electron chi connectivity index (χ3n) is 5.00. The summed E-state index contributed by atoms with van der Waals surface area (Å²) in [6, 6.07) is 8.50. The minimum Gasteiger partial charge on any atom is -0.593 e. The maximum atomic E-state index is 13.1. The molecule has 27 heavy (non-hydrogen) atoms. The minimum atomic E-state index is -3.67. The van der Waals surface area contributed by atoms with E-state index < -0.39 is 21.8 Å². The smallest absolute Gasteiger partial charge is 0.253 e. The highest BCUT2D eigenvalue weighted by molar-refractivity contribution is 7.96. The van der Waals surface area contributed by atoms with Crippen molar-refractivity contribution in [2.75, 3.05) is 25.0 Å². The van der Waals surface area contributed by atoms with Crippen molar-refractivity contribution in [1.82, 2.24) is 14.6 Å². The van der Waals surface area contributed by atoms with Gasteiger partial charge in [0, 0.05) is 30.9 Å². The summed E-state index contributed by atoms with van der Waals surface area (Å²) in [5.41, 5.74) is -0.248. The van der Waals surface area contributed by atoms with Gasteiger partial charge in [-0.1, -0.05) is 4.21 Å². The zero-order valence-corrected chi connectivity index (χ0v) is 15.3. The first-order chi connectivity index (χ1) is 12.9. The Morgan fingerprint density at radius 2 is 2.07 bits per heavy atom. The van der Waals surface area contributed by atoms with E-state index in [1.54, 1.807) is 11.0 Å². The number of anilines is 1. The molecule has 142 valence electrons. The monoisotopic (exact) mass is 390 g/mol. The first kappa shape index (κ1) is 18.0. The molecular formula is C18H19FN4O3S. The third-order valence-corrected chi connectivity index (χ3v) is 6.43. The lowest BCUT2D eigenvalue weighted by Crippen LogP contribution is -2.59. The molecule has 3 heterocycles. The Labute approximate surface area is 157 Å². The second-order valence-electron chi connectivity index (χ2n) is 6.92. The molecule has 2 atom stereocenters. The van der Waals surface area contributed by atoms with Gasteiger partial charge in [-0.3, -0.25) is 4.79 Å². The lowest BCUT2D eigenvalue weighted by atomic mass is 9.88. The van der Waals surface area contributed by atoms with Gasteiger partial charge in [0.05, 0.1) is 12.1 Å². The van der Waals surface area contributed by atoms with Gasteiger partial charge in [-0.15, -0.1) is 4.72 Å². The van der Waals surface area contributed by atoms with Crippen LogP contribution in [0.5, 0.6) is 0 Å². The molecule has 2 N–H and O–H groups in total. The van der Waals surface area contributed by atoms with E-state index >= 15 is 0 Å². The van der Waals surface area contributed by atoms with Gasteiger partial charge in [-0.2, -0.15) is 0 Å². The Morgan fingerprint density at radius 3 is 2.85 bits per heavy atom. The van der Waals surface area contributed by atoms with Crippen molar-refractivity contribution in [3.63, 3.8) is 0 Å². The molecule has 1 aromatic carbocycles. The molecule has 0 saturated carbocycles. The molecule has 2 aromatic rings. The maximum absolute atomic E-state index is 13.1. The number of nitrogens with one attached hydrogen (secondary N) is 2. The van der Waals surface area contributed by atoms with Crippen molar-refractivity contribution in [2.24, 2.45) is 0 Å². The van der Waals surface area contributed by atoms with Crippen molar-refractivity contribution < 1.29 is 17.9 Å². The highest BCUT2D eigenvalue weighted by Gasteiger charge is 2.43. The maximum Gasteiger partial charge on any atom is 0.253 e. The van der Waals surface area contributed by atoms with E-state index in [-0.39, 0.29) is 17.3 Å². The topological polar surface area (TPSA) is 97.4 Å². The van der Waals surface area contributed by atoms with E-state index in [9.17, 15) is 17.9 Å². The number of sulfonamides is 1. The van der Waals surface area contributed by atoms with Crippen LogP contribution in [0.4, 0.5) is 10.2 Å². The predicted octanol–water partition coefficient (Wildman–Crippen LogP) is 1.81. The van der Waals surface area contributed by atoms with Crippen molar-refractivity contribution in [3.05, 3.63) is 54.0 Å². The average molecular weight is 390 g/mol. The van der Waals surface area contributed by atoms with Gasteiger partial charge in [0.2, 0.25) is 4.90 Å². The van der Waals surface area contributed by atoms with Gasteiger partial charge in [0.1, 0.15) is 5.82 Å². The largest absolute Gasteiger partial charge is 0.593 e. The molecule has 1 spiro atoms. The quantitative estimate of drug-likeness (QED) is 0.724. The van der Waals surface area contributed by atoms with E-state index in [4.69, 9.17) is 0 Å². The molecule has 0 bridgehead atoms. The standard InChI is InChI=1S/C18H19FN4O3S/c19-14-6-4-13(5-7-14)17(24)23-10-2-8-18(12-23)11-21-27(25,26)15-3-1-9-20-16(15)22-18/h1,3-7,9H,2,8,10-12H2,(H2-,20,21,22,25,26). The molecule has 2 aliphatic rings. The summed E-state index contributed by atoms with van der Waals surface area (Å²) in [7, 11) is -3.67. The number of carbonyl (C=O) groups excluding carboxylic acids is 1. The second kappa shape index (κ2) is 6.66. The zero-order valence-electron chi connectivity index (χ0n) is 14.5. The van der Waals surface area contributed by atoms with Crippen LogP contribution in [0.3, 0.4) is 0 Å². The fourth-order valence-electron chi connectivity index (χ4n) is 3.63. The highest BCUT2D eigenvalue weighted by Crippen LogP contribution is 2.33. The van der Waals surface area contributed by atoms with Gasteiger partial charge < -0.3 is 14.8 Å². The molecule has 0 aliphatic carbocycles. The van der Waals surface area contributed by atoms with Crippen LogP contribution < -0.4 is 10.0 Å². The number of fused-ring (bicyclic) bond motifs is 1. The van der Waals surface area contributed by atoms with Crippen molar-refractivity contribution in [2.45, 2.75) is 23.3 Å². The highest BCUT2D eigenvalue weighted by atomic mass is 32.3. The molecule has 1 saturated heterocycles. The number of carbonyl (C=O) groups is 1. The molecule has 1 aromatic heterocycles. The number of pyridine rings is 1. The summed E-state index contributed by atoms with van der Waals surface area (Å²) < 4.78 is 40.7. The van der Waals surface area contributed by atoms with Crippen LogP contribution >= 0.6 is 0 Å². The average Bonchev–Trinajstić information content (AvgIpc) is 2.77. The number of aromatic nitrogens is 1. The number of halogens is 1. The number of hydrogen-bond acceptors (Lipinski definition) is 5. The summed E-state index contributed by atoms with van der Waals surface area (Å²) in [6.07, 6.45) is 2.94. The van der Waals surface area contributed by atoms with Crippen molar-refractivity contribution >= 4 is 22.1 Å². The van der Waals surface area contributed by atoms with Gasteiger partial charge in [-0.05, 0) is 43.2 Å². The molecule has 9 heteroatoms. The van der Waals surface area contributed by atoms with Crippen molar-refractivity contribution in [3.8, 4) is 0 Å². The Morgan fingerprint density at radius 1 is 1.30 bits per heavy atom. The molecule has 1 amide bonds. The number of rotatable bonds is 1. The summed E-state index contributed by atoms with van der Waals surface area (Å²) in [6.45, 7) is 1.03. The van der Waals surface area contributed by atoms with Crippen LogP contribution in [-0.2, 0) is 14.6 Å². The molecule has 0 radical (unpaired) electrons. The Bertz CT molecular complexity index is 923. The number of benzene rings is 1. The molecule has 4 rings (SSSR count). The summed E-state index contributed by atoms with van der Waals surface area (Å²) in [5, 5.41) is 3.27. The summed E-state index contributed by atoms with van der Waals surface area (Å²) in [5.74, 6) is -0.313. The molecule has 2 aliphatic heterocycles. The van der Waals surface area contributed by atoms with Gasteiger partial charge in [-0.25, -0.2) is 9.37 Å². The number of piperidine rings is 1. The Hall–Kier alpha value is -2.36. The normalized spacial score (nSPS) is 27.6. The van der Waals surface area contributed by atoms with Gasteiger partial charge >= 0.3 is 0 Å². The van der Waals surface area contributed by atoms with Crippen LogP contribution in [0.1, 0.15) is 23.2 Å². The van der Waals surface area contributed by atoms with E-state index in [2.05, 4.69) is 15.0 Å². The Kier molecular flexibility index (Phi) is 4.45. The van der Waals surface area contributed by atoms with Gasteiger partial charge in [0.25, 0.3) is 5.91 Å². The zero-order chi connectivity index (χ0) is 19.1. The van der Waals surface area contributed by atoms with E-state index in [1.165, 1.54) is 36.5 Å². The molecule has 1 fully saturated rings. The fourth-order valence-corrected chi connectivity index (χ4v) is 4.87. The first-order valence-electron chi connectivity index (χ1n) is 8.66. The van der Waals surface area contributed by atoms with E-state index in [0.717, 1.165) is 0 Å². The van der Waals surface area contributed by atoms with Crippen LogP contribution in [0.15, 0.2) is 47.5 Å². The van der Waals surface area contributed by atoms with Crippen LogP contribution in [0, 0.1) is 5.82 Å². The van der Waals surface area contributed by atoms with Crippen LogP contribution in [0.25, 0.3) is 0 Å². The fraction of sp³-hybridized carbons (Fsp3) is 0.333. The third kappa shape index (κ3) is 3.45. The number of likely N-dealkylation sites (tertiary alicyclic amines) is 1. The first-order valence-corrected chi connectivity index (χ1v) is 10.1. The predicted molar refractivity (Wildman–Crippen MR) is 97.2 cm³/mol. The van der Waals surface area contributed by atoms with E-state index in [0.29, 0.717) is 37.3 Å². The Balaban J connectivity index is 1.61.